The van der Waals surface area contributed by atoms with Crippen LogP contribution in [0.25, 0.3) is 22.8 Å². The zero-order valence-electron chi connectivity index (χ0n) is 21.3. The van der Waals surface area contributed by atoms with Crippen LogP contribution in [0, 0.1) is 27.7 Å². The monoisotopic (exact) mass is 508 g/mol. The van der Waals surface area contributed by atoms with E-state index in [2.05, 4.69) is 58.7 Å². The minimum absolute atomic E-state index is 0.126. The molecule has 2 heterocycles. The van der Waals surface area contributed by atoms with Crippen molar-refractivity contribution in [1.82, 2.24) is 24.5 Å². The first-order valence-electron chi connectivity index (χ1n) is 12.0. The van der Waals surface area contributed by atoms with Gasteiger partial charge in [0.1, 0.15) is 0 Å². The number of nitrogens with one attached hydrogen (secondary N) is 1. The van der Waals surface area contributed by atoms with Crippen molar-refractivity contribution in [3.05, 3.63) is 101 Å². The molecule has 5 aromatic rings. The Morgan fingerprint density at radius 3 is 2.08 bits per heavy atom. The smallest absolute Gasteiger partial charge is 0.234 e. The van der Waals surface area contributed by atoms with Crippen molar-refractivity contribution in [1.29, 1.82) is 0 Å². The van der Waals surface area contributed by atoms with Crippen LogP contribution in [0.15, 0.2) is 84.0 Å². The Hall–Kier alpha value is -4.17. The molecule has 8 heteroatoms. The molecule has 1 N–H and O–H groups in total. The molecule has 1 amide bonds. The third kappa shape index (κ3) is 5.20. The van der Waals surface area contributed by atoms with Crippen LogP contribution < -0.4 is 5.32 Å². The van der Waals surface area contributed by atoms with E-state index in [1.807, 2.05) is 77.7 Å². The third-order valence-electron chi connectivity index (χ3n) is 6.12. The average Bonchev–Trinajstić information content (AvgIpc) is 3.45. The molecule has 3 aromatic carbocycles. The number of hydrogen-bond acceptors (Lipinski definition) is 5. The van der Waals surface area contributed by atoms with Gasteiger partial charge in [-0.3, -0.25) is 9.36 Å². The maximum absolute atomic E-state index is 13.0. The highest BCUT2D eigenvalue weighted by atomic mass is 32.2. The van der Waals surface area contributed by atoms with Gasteiger partial charge in [-0.1, -0.05) is 77.5 Å². The molecule has 0 radical (unpaired) electrons. The van der Waals surface area contributed by atoms with Crippen molar-refractivity contribution in [2.75, 3.05) is 11.1 Å². The van der Waals surface area contributed by atoms with Gasteiger partial charge in [0.25, 0.3) is 0 Å². The predicted octanol–water partition coefficient (Wildman–Crippen LogP) is 6.08. The molecular formula is C29H28N6OS. The molecule has 186 valence electrons. The molecule has 0 aliphatic heterocycles. The van der Waals surface area contributed by atoms with Crippen LogP contribution in [0.4, 0.5) is 5.69 Å². The van der Waals surface area contributed by atoms with Crippen molar-refractivity contribution >= 4 is 23.4 Å². The van der Waals surface area contributed by atoms with Crippen molar-refractivity contribution in [3.8, 4) is 22.8 Å². The summed E-state index contributed by atoms with van der Waals surface area (Å²) in [6, 6.07) is 26.3. The van der Waals surface area contributed by atoms with Crippen LogP contribution in [0.5, 0.6) is 0 Å². The van der Waals surface area contributed by atoms with Crippen LogP contribution in [0.3, 0.4) is 0 Å². The average molecular weight is 509 g/mol. The quantitative estimate of drug-likeness (QED) is 0.269. The highest BCUT2D eigenvalue weighted by Crippen LogP contribution is 2.29. The molecule has 0 spiro atoms. The largest absolute Gasteiger partial charge is 0.322 e. The maximum atomic E-state index is 13.0. The van der Waals surface area contributed by atoms with E-state index in [-0.39, 0.29) is 11.7 Å². The summed E-state index contributed by atoms with van der Waals surface area (Å²) in [5.41, 5.74) is 7.61. The minimum atomic E-state index is -0.126. The Morgan fingerprint density at radius 1 is 0.811 bits per heavy atom. The number of carbonyl (C=O) groups excluding carboxylic acids is 1. The van der Waals surface area contributed by atoms with Crippen LogP contribution >= 0.6 is 11.8 Å². The molecule has 0 saturated heterocycles. The first-order valence-corrected chi connectivity index (χ1v) is 13.0. The van der Waals surface area contributed by atoms with Gasteiger partial charge in [0.05, 0.1) is 28.5 Å². The molecule has 7 nitrogen and oxygen atoms in total. The predicted molar refractivity (Wildman–Crippen MR) is 149 cm³/mol. The van der Waals surface area contributed by atoms with Gasteiger partial charge < -0.3 is 5.32 Å². The van der Waals surface area contributed by atoms with Crippen molar-refractivity contribution < 1.29 is 4.79 Å². The molecule has 0 fully saturated rings. The number of rotatable bonds is 7. The first-order chi connectivity index (χ1) is 17.9. The third-order valence-corrected chi connectivity index (χ3v) is 7.05. The normalized spacial score (nSPS) is 11.0. The fourth-order valence-corrected chi connectivity index (χ4v) is 4.88. The van der Waals surface area contributed by atoms with Crippen LogP contribution in [0.1, 0.15) is 22.5 Å². The van der Waals surface area contributed by atoms with E-state index >= 15 is 0 Å². The summed E-state index contributed by atoms with van der Waals surface area (Å²) < 4.78 is 3.86. The molecule has 0 atom stereocenters. The second kappa shape index (κ2) is 10.4. The second-order valence-corrected chi connectivity index (χ2v) is 9.92. The van der Waals surface area contributed by atoms with E-state index in [0.29, 0.717) is 5.16 Å². The van der Waals surface area contributed by atoms with Gasteiger partial charge in [-0.2, -0.15) is 5.10 Å². The number of aromatic nitrogens is 5. The topological polar surface area (TPSA) is 77.6 Å². The maximum Gasteiger partial charge on any atom is 0.234 e. The van der Waals surface area contributed by atoms with Gasteiger partial charge in [0, 0.05) is 11.3 Å². The van der Waals surface area contributed by atoms with Crippen molar-refractivity contribution in [2.24, 2.45) is 0 Å². The fraction of sp³-hybridized carbons (Fsp3) is 0.172. The number of aryl methyl sites for hydroxylation is 3. The van der Waals surface area contributed by atoms with Crippen LogP contribution in [0.2, 0.25) is 0 Å². The minimum Gasteiger partial charge on any atom is -0.322 e. The Morgan fingerprint density at radius 2 is 1.43 bits per heavy atom. The SMILES string of the molecule is Cc1ccc(-n2nc(C)c(NC(=O)CSc3nnc(-c4ccccc4)n3-c3ccc(C)cc3)c2C)cc1. The molecule has 0 saturated carbocycles. The van der Waals surface area contributed by atoms with Gasteiger partial charge in [-0.05, 0) is 52.0 Å². The van der Waals surface area contributed by atoms with E-state index < -0.39 is 0 Å². The molecule has 0 aliphatic rings. The molecule has 37 heavy (non-hydrogen) atoms. The van der Waals surface area contributed by atoms with E-state index in [0.717, 1.165) is 39.8 Å². The number of thioether (sulfide) groups is 1. The number of nitrogens with zero attached hydrogens (tertiary/aromatic N) is 5. The number of anilines is 1. The van der Waals surface area contributed by atoms with Crippen LogP contribution in [-0.2, 0) is 4.79 Å². The fourth-order valence-electron chi connectivity index (χ4n) is 4.13. The Kier molecular flexibility index (Phi) is 6.92. The van der Waals surface area contributed by atoms with Gasteiger partial charge >= 0.3 is 0 Å². The zero-order valence-corrected chi connectivity index (χ0v) is 22.1. The van der Waals surface area contributed by atoms with E-state index in [4.69, 9.17) is 0 Å². The summed E-state index contributed by atoms with van der Waals surface area (Å²) in [5.74, 6) is 0.797. The number of carbonyl (C=O) groups is 1. The summed E-state index contributed by atoms with van der Waals surface area (Å²) in [4.78, 5) is 13.0. The van der Waals surface area contributed by atoms with Crippen molar-refractivity contribution in [3.63, 3.8) is 0 Å². The van der Waals surface area contributed by atoms with Gasteiger partial charge in [0.2, 0.25) is 5.91 Å². The van der Waals surface area contributed by atoms with E-state index in [1.54, 1.807) is 0 Å². The van der Waals surface area contributed by atoms with Gasteiger partial charge in [0.15, 0.2) is 11.0 Å². The lowest BCUT2D eigenvalue weighted by Gasteiger charge is -2.11. The lowest BCUT2D eigenvalue weighted by molar-refractivity contribution is -0.113. The molecule has 0 aliphatic carbocycles. The summed E-state index contributed by atoms with van der Waals surface area (Å²) in [6.07, 6.45) is 0. The highest BCUT2D eigenvalue weighted by molar-refractivity contribution is 7.99. The first kappa shape index (κ1) is 24.5. The Balaban J connectivity index is 1.37. The number of hydrogen-bond donors (Lipinski definition) is 1. The summed E-state index contributed by atoms with van der Waals surface area (Å²) in [5, 5.41) is 17.3. The standard InChI is InChI=1S/C29H28N6OS/c1-19-10-14-24(15-11-19)34-28(23-8-6-5-7-9-23)31-32-29(34)37-18-26(36)30-27-21(3)33-35(22(27)4)25-16-12-20(2)13-17-25/h5-17H,18H2,1-4H3,(H,30,36). The summed E-state index contributed by atoms with van der Waals surface area (Å²) in [6.45, 7) is 7.97. The Labute approximate surface area is 220 Å². The zero-order chi connectivity index (χ0) is 25.9. The van der Waals surface area contributed by atoms with Crippen LogP contribution in [-0.4, -0.2) is 36.2 Å². The highest BCUT2D eigenvalue weighted by Gasteiger charge is 2.19. The number of benzene rings is 3. The molecular weight excluding hydrogens is 480 g/mol. The lowest BCUT2D eigenvalue weighted by atomic mass is 10.2. The molecule has 2 aromatic heterocycles. The second-order valence-electron chi connectivity index (χ2n) is 8.97. The van der Waals surface area contributed by atoms with Gasteiger partial charge in [-0.25, -0.2) is 4.68 Å². The number of amides is 1. The van der Waals surface area contributed by atoms with E-state index in [1.165, 1.54) is 22.9 Å². The summed E-state index contributed by atoms with van der Waals surface area (Å²) >= 11 is 1.36. The molecule has 0 bridgehead atoms. The molecule has 0 unspecified atom stereocenters. The summed E-state index contributed by atoms with van der Waals surface area (Å²) in [7, 11) is 0. The Bertz CT molecular complexity index is 1540. The van der Waals surface area contributed by atoms with Gasteiger partial charge in [-0.15, -0.1) is 10.2 Å². The van der Waals surface area contributed by atoms with E-state index in [9.17, 15) is 4.79 Å². The van der Waals surface area contributed by atoms with Crippen molar-refractivity contribution in [2.45, 2.75) is 32.9 Å². The lowest BCUT2D eigenvalue weighted by Crippen LogP contribution is -2.15. The molecule has 5 rings (SSSR count).